The summed E-state index contributed by atoms with van der Waals surface area (Å²) in [5, 5.41) is 13.3. The molecule has 2 aromatic rings. The van der Waals surface area contributed by atoms with Crippen LogP contribution in [0.15, 0.2) is 36.7 Å². The average Bonchev–Trinajstić information content (AvgIpc) is 2.77. The van der Waals surface area contributed by atoms with E-state index in [-0.39, 0.29) is 6.54 Å². The summed E-state index contributed by atoms with van der Waals surface area (Å²) in [7, 11) is 0. The van der Waals surface area contributed by atoms with E-state index in [2.05, 4.69) is 5.10 Å². The molecule has 1 aromatic heterocycles. The summed E-state index contributed by atoms with van der Waals surface area (Å²) in [6.45, 7) is 2.03. The first kappa shape index (κ1) is 12.3. The molecule has 0 spiro atoms. The molecule has 0 bridgehead atoms. The largest absolute Gasteiger partial charge is 0.481 e. The molecule has 2 rings (SSSR count). The van der Waals surface area contributed by atoms with E-state index in [0.717, 1.165) is 11.3 Å². The minimum atomic E-state index is -0.911. The van der Waals surface area contributed by atoms with Crippen LogP contribution in [-0.2, 0) is 4.79 Å². The summed E-state index contributed by atoms with van der Waals surface area (Å²) >= 11 is 0. The molecular weight excluding hydrogens is 230 g/mol. The van der Waals surface area contributed by atoms with E-state index in [1.165, 1.54) is 0 Å². The van der Waals surface area contributed by atoms with Gasteiger partial charge >= 0.3 is 5.97 Å². The molecule has 94 valence electrons. The van der Waals surface area contributed by atoms with Crippen LogP contribution >= 0.6 is 0 Å². The van der Waals surface area contributed by atoms with Crippen molar-refractivity contribution in [1.29, 1.82) is 0 Å². The first-order chi connectivity index (χ1) is 8.61. The lowest BCUT2D eigenvalue weighted by Gasteiger charge is -2.11. The van der Waals surface area contributed by atoms with Gasteiger partial charge in [0.05, 0.1) is 17.8 Å². The molecule has 3 N–H and O–H groups in total. The SMILES string of the molecule is Cc1cnn(-c2cccc(C(CN)C(=O)O)c2)c1. The molecule has 0 aliphatic carbocycles. The molecular formula is C13H15N3O2. The fourth-order valence-electron chi connectivity index (χ4n) is 1.82. The van der Waals surface area contributed by atoms with E-state index in [1.807, 2.05) is 25.3 Å². The minimum Gasteiger partial charge on any atom is -0.481 e. The molecule has 0 amide bonds. The molecule has 0 fully saturated rings. The second-order valence-corrected chi connectivity index (χ2v) is 4.18. The minimum absolute atomic E-state index is 0.0803. The van der Waals surface area contributed by atoms with Gasteiger partial charge in [-0.15, -0.1) is 0 Å². The average molecular weight is 245 g/mol. The van der Waals surface area contributed by atoms with Gasteiger partial charge in [-0.2, -0.15) is 5.10 Å². The van der Waals surface area contributed by atoms with Gasteiger partial charge in [0.15, 0.2) is 0 Å². The van der Waals surface area contributed by atoms with E-state index in [0.29, 0.717) is 5.56 Å². The first-order valence-corrected chi connectivity index (χ1v) is 5.66. The number of hydrogen-bond acceptors (Lipinski definition) is 3. The first-order valence-electron chi connectivity index (χ1n) is 5.66. The molecule has 0 saturated carbocycles. The second kappa shape index (κ2) is 5.01. The van der Waals surface area contributed by atoms with Crippen LogP contribution < -0.4 is 5.73 Å². The Morgan fingerprint density at radius 3 is 2.89 bits per heavy atom. The van der Waals surface area contributed by atoms with Crippen LogP contribution in [0.5, 0.6) is 0 Å². The lowest BCUT2D eigenvalue weighted by atomic mass is 9.99. The molecule has 1 unspecified atom stereocenters. The van der Waals surface area contributed by atoms with Gasteiger partial charge in [-0.3, -0.25) is 4.79 Å². The molecule has 1 aromatic carbocycles. The molecule has 0 radical (unpaired) electrons. The van der Waals surface area contributed by atoms with Crippen molar-refractivity contribution in [1.82, 2.24) is 9.78 Å². The van der Waals surface area contributed by atoms with Gasteiger partial charge < -0.3 is 10.8 Å². The van der Waals surface area contributed by atoms with Crippen LogP contribution in [0.25, 0.3) is 5.69 Å². The standard InChI is InChI=1S/C13H15N3O2/c1-9-7-15-16(8-9)11-4-2-3-10(5-11)12(6-14)13(17)18/h2-5,7-8,12H,6,14H2,1H3,(H,17,18). The number of rotatable bonds is 4. The Morgan fingerprint density at radius 2 is 2.33 bits per heavy atom. The second-order valence-electron chi connectivity index (χ2n) is 4.18. The molecule has 0 saturated heterocycles. The number of nitrogens with two attached hydrogens (primary N) is 1. The van der Waals surface area contributed by atoms with Gasteiger partial charge in [-0.05, 0) is 30.2 Å². The smallest absolute Gasteiger partial charge is 0.312 e. The fraction of sp³-hybridized carbons (Fsp3) is 0.231. The third kappa shape index (κ3) is 2.41. The molecule has 0 aliphatic rings. The number of aliphatic carboxylic acids is 1. The molecule has 1 heterocycles. The number of benzene rings is 1. The third-order valence-electron chi connectivity index (χ3n) is 2.78. The Labute approximate surface area is 105 Å². The number of carbonyl (C=O) groups is 1. The van der Waals surface area contributed by atoms with Gasteiger partial charge in [0, 0.05) is 12.7 Å². The predicted molar refractivity (Wildman–Crippen MR) is 67.7 cm³/mol. The zero-order valence-corrected chi connectivity index (χ0v) is 10.1. The zero-order chi connectivity index (χ0) is 13.1. The van der Waals surface area contributed by atoms with Crippen molar-refractivity contribution in [2.75, 3.05) is 6.54 Å². The number of carboxylic acid groups (broad SMARTS) is 1. The van der Waals surface area contributed by atoms with Crippen molar-refractivity contribution in [3.63, 3.8) is 0 Å². The van der Waals surface area contributed by atoms with Gasteiger partial charge in [0.25, 0.3) is 0 Å². The van der Waals surface area contributed by atoms with Crippen molar-refractivity contribution < 1.29 is 9.90 Å². The van der Waals surface area contributed by atoms with Gasteiger partial charge in [-0.25, -0.2) is 4.68 Å². The topological polar surface area (TPSA) is 81.1 Å². The number of carboxylic acids is 1. The molecule has 5 nitrogen and oxygen atoms in total. The highest BCUT2D eigenvalue weighted by molar-refractivity contribution is 5.76. The van der Waals surface area contributed by atoms with E-state index in [9.17, 15) is 4.79 Å². The molecule has 5 heteroatoms. The lowest BCUT2D eigenvalue weighted by Crippen LogP contribution is -2.21. The maximum absolute atomic E-state index is 11.1. The molecule has 18 heavy (non-hydrogen) atoms. The van der Waals surface area contributed by atoms with E-state index in [4.69, 9.17) is 10.8 Å². The summed E-state index contributed by atoms with van der Waals surface area (Å²) in [4.78, 5) is 11.1. The number of aromatic nitrogens is 2. The number of hydrogen-bond donors (Lipinski definition) is 2. The maximum Gasteiger partial charge on any atom is 0.312 e. The van der Waals surface area contributed by atoms with E-state index in [1.54, 1.807) is 23.0 Å². The molecule has 1 atom stereocenters. The Kier molecular flexibility index (Phi) is 3.43. The van der Waals surface area contributed by atoms with Crippen LogP contribution in [0.2, 0.25) is 0 Å². The lowest BCUT2D eigenvalue weighted by molar-refractivity contribution is -0.138. The Bertz CT molecular complexity index is 563. The Hall–Kier alpha value is -2.14. The number of aryl methyl sites for hydroxylation is 1. The molecule has 0 aliphatic heterocycles. The summed E-state index contributed by atoms with van der Waals surface area (Å²) in [6, 6.07) is 7.27. The number of nitrogens with zero attached hydrogens (tertiary/aromatic N) is 2. The van der Waals surface area contributed by atoms with Crippen LogP contribution in [0.3, 0.4) is 0 Å². The normalized spacial score (nSPS) is 12.3. The van der Waals surface area contributed by atoms with Crippen molar-refractivity contribution in [3.8, 4) is 5.69 Å². The van der Waals surface area contributed by atoms with Gasteiger partial charge in [-0.1, -0.05) is 12.1 Å². The van der Waals surface area contributed by atoms with E-state index < -0.39 is 11.9 Å². The summed E-state index contributed by atoms with van der Waals surface area (Å²) < 4.78 is 1.72. The highest BCUT2D eigenvalue weighted by atomic mass is 16.4. The summed E-state index contributed by atoms with van der Waals surface area (Å²) in [6.07, 6.45) is 3.64. The highest BCUT2D eigenvalue weighted by Crippen LogP contribution is 2.18. The Balaban J connectivity index is 2.38. The predicted octanol–water partition coefficient (Wildman–Crippen LogP) is 1.31. The fourth-order valence-corrected chi connectivity index (χ4v) is 1.82. The third-order valence-corrected chi connectivity index (χ3v) is 2.78. The van der Waals surface area contributed by atoms with Crippen LogP contribution in [0.4, 0.5) is 0 Å². The van der Waals surface area contributed by atoms with Crippen molar-refractivity contribution in [3.05, 3.63) is 47.8 Å². The quantitative estimate of drug-likeness (QED) is 0.850. The van der Waals surface area contributed by atoms with Crippen molar-refractivity contribution in [2.24, 2.45) is 5.73 Å². The summed E-state index contributed by atoms with van der Waals surface area (Å²) in [5.74, 6) is -1.59. The monoisotopic (exact) mass is 245 g/mol. The highest BCUT2D eigenvalue weighted by Gasteiger charge is 2.18. The van der Waals surface area contributed by atoms with Crippen molar-refractivity contribution >= 4 is 5.97 Å². The maximum atomic E-state index is 11.1. The van der Waals surface area contributed by atoms with Crippen LogP contribution in [0, 0.1) is 6.92 Å². The van der Waals surface area contributed by atoms with Gasteiger partial charge in [0.1, 0.15) is 0 Å². The van der Waals surface area contributed by atoms with E-state index >= 15 is 0 Å². The van der Waals surface area contributed by atoms with Crippen LogP contribution in [-0.4, -0.2) is 27.4 Å². The van der Waals surface area contributed by atoms with Crippen LogP contribution in [0.1, 0.15) is 17.0 Å². The van der Waals surface area contributed by atoms with Gasteiger partial charge in [0.2, 0.25) is 0 Å². The van der Waals surface area contributed by atoms with Crippen molar-refractivity contribution in [2.45, 2.75) is 12.8 Å². The Morgan fingerprint density at radius 1 is 1.56 bits per heavy atom. The zero-order valence-electron chi connectivity index (χ0n) is 10.1. The summed E-state index contributed by atoms with van der Waals surface area (Å²) in [5.41, 5.74) is 8.07.